The van der Waals surface area contributed by atoms with Crippen molar-refractivity contribution in [3.63, 3.8) is 0 Å². The Kier molecular flexibility index (Phi) is 4.75. The van der Waals surface area contributed by atoms with Crippen LogP contribution in [0.1, 0.15) is 47.0 Å². The summed E-state index contributed by atoms with van der Waals surface area (Å²) in [6, 6.07) is 0. The van der Waals surface area contributed by atoms with Gasteiger partial charge in [-0.1, -0.05) is 6.42 Å². The van der Waals surface area contributed by atoms with E-state index in [1.165, 1.54) is 26.4 Å². The minimum absolute atomic E-state index is 0.0569. The minimum atomic E-state index is -0.215. The number of rotatable bonds is 3. The predicted octanol–water partition coefficient (Wildman–Crippen LogP) is 2.76. The van der Waals surface area contributed by atoms with E-state index in [1.807, 2.05) is 13.8 Å². The molecule has 0 amide bonds. The molecule has 1 rings (SSSR count). The normalized spacial score (nSPS) is 19.8. The Bertz CT molecular complexity index is 312. The molecule has 0 aromatic rings. The molecule has 0 unspecified atom stereocenters. The van der Waals surface area contributed by atoms with E-state index >= 15 is 0 Å². The molecule has 0 spiro atoms. The molecule has 1 aliphatic heterocycles. The fraction of sp³-hybridized carbons (Fsp3) is 0.786. The molecule has 17 heavy (non-hydrogen) atoms. The van der Waals surface area contributed by atoms with Gasteiger partial charge < -0.3 is 4.74 Å². The molecule has 0 radical (unpaired) electrons. The third-order valence-electron chi connectivity index (χ3n) is 4.12. The van der Waals surface area contributed by atoms with Gasteiger partial charge >= 0.3 is 5.97 Å². The summed E-state index contributed by atoms with van der Waals surface area (Å²) in [6.45, 7) is 10.5. The quantitative estimate of drug-likeness (QED) is 0.560. The Morgan fingerprint density at radius 1 is 1.12 bits per heavy atom. The standard InChI is InChI=1S/C14H25NO2/c1-11(13(16)17-5)12(2)14(3,4)15-9-7-6-8-10-15/h6-10H2,1-5H3/b12-11+. The summed E-state index contributed by atoms with van der Waals surface area (Å²) in [6.07, 6.45) is 3.84. The first kappa shape index (κ1) is 14.2. The predicted molar refractivity (Wildman–Crippen MR) is 69.9 cm³/mol. The molecule has 1 fully saturated rings. The van der Waals surface area contributed by atoms with Crippen LogP contribution in [0.15, 0.2) is 11.1 Å². The second-order valence-electron chi connectivity index (χ2n) is 5.35. The van der Waals surface area contributed by atoms with Crippen molar-refractivity contribution in [2.75, 3.05) is 20.2 Å². The Balaban J connectivity index is 2.91. The number of hydrogen-bond acceptors (Lipinski definition) is 3. The lowest BCUT2D eigenvalue weighted by Crippen LogP contribution is -2.48. The second kappa shape index (κ2) is 5.67. The number of carbonyl (C=O) groups is 1. The number of likely N-dealkylation sites (tertiary alicyclic amines) is 1. The first-order chi connectivity index (χ1) is 7.91. The molecule has 0 aromatic carbocycles. The zero-order valence-electron chi connectivity index (χ0n) is 11.8. The van der Waals surface area contributed by atoms with Crippen molar-refractivity contribution >= 4 is 5.97 Å². The van der Waals surface area contributed by atoms with Gasteiger partial charge in [-0.25, -0.2) is 4.79 Å². The number of nitrogens with zero attached hydrogens (tertiary/aromatic N) is 1. The van der Waals surface area contributed by atoms with Gasteiger partial charge in [-0.15, -0.1) is 0 Å². The van der Waals surface area contributed by atoms with E-state index in [-0.39, 0.29) is 11.5 Å². The molecule has 3 nitrogen and oxygen atoms in total. The number of esters is 1. The molecule has 3 heteroatoms. The van der Waals surface area contributed by atoms with Crippen molar-refractivity contribution in [3.8, 4) is 0 Å². The van der Waals surface area contributed by atoms with Crippen LogP contribution in [-0.4, -0.2) is 36.6 Å². The van der Waals surface area contributed by atoms with E-state index in [2.05, 4.69) is 18.7 Å². The van der Waals surface area contributed by atoms with E-state index in [9.17, 15) is 4.79 Å². The first-order valence-corrected chi connectivity index (χ1v) is 6.42. The summed E-state index contributed by atoms with van der Waals surface area (Å²) in [4.78, 5) is 14.1. The lowest BCUT2D eigenvalue weighted by atomic mass is 9.88. The van der Waals surface area contributed by atoms with Crippen LogP contribution in [0.25, 0.3) is 0 Å². The third kappa shape index (κ3) is 3.09. The zero-order chi connectivity index (χ0) is 13.1. The second-order valence-corrected chi connectivity index (χ2v) is 5.35. The Hall–Kier alpha value is -0.830. The topological polar surface area (TPSA) is 29.5 Å². The minimum Gasteiger partial charge on any atom is -0.466 e. The van der Waals surface area contributed by atoms with Gasteiger partial charge in [-0.3, -0.25) is 4.90 Å². The maximum absolute atomic E-state index is 11.6. The summed E-state index contributed by atoms with van der Waals surface area (Å²) >= 11 is 0. The number of methoxy groups -OCH3 is 1. The van der Waals surface area contributed by atoms with Crippen LogP contribution in [0, 0.1) is 0 Å². The molecular weight excluding hydrogens is 214 g/mol. The van der Waals surface area contributed by atoms with Crippen molar-refractivity contribution in [1.82, 2.24) is 4.90 Å². The monoisotopic (exact) mass is 239 g/mol. The Labute approximate surface area is 105 Å². The van der Waals surface area contributed by atoms with Crippen molar-refractivity contribution in [2.24, 2.45) is 0 Å². The van der Waals surface area contributed by atoms with Crippen molar-refractivity contribution in [1.29, 1.82) is 0 Å². The van der Waals surface area contributed by atoms with Gasteiger partial charge in [0, 0.05) is 11.1 Å². The van der Waals surface area contributed by atoms with Crippen molar-refractivity contribution < 1.29 is 9.53 Å². The van der Waals surface area contributed by atoms with E-state index in [1.54, 1.807) is 0 Å². The van der Waals surface area contributed by atoms with E-state index < -0.39 is 0 Å². The average molecular weight is 239 g/mol. The van der Waals surface area contributed by atoms with Crippen LogP contribution in [0.5, 0.6) is 0 Å². The fourth-order valence-corrected chi connectivity index (χ4v) is 2.46. The molecule has 1 aliphatic rings. The van der Waals surface area contributed by atoms with Gasteiger partial charge in [0.25, 0.3) is 0 Å². The van der Waals surface area contributed by atoms with E-state index in [0.717, 1.165) is 24.2 Å². The fourth-order valence-electron chi connectivity index (χ4n) is 2.46. The maximum atomic E-state index is 11.6. The highest BCUT2D eigenvalue weighted by Crippen LogP contribution is 2.29. The highest BCUT2D eigenvalue weighted by Gasteiger charge is 2.31. The highest BCUT2D eigenvalue weighted by molar-refractivity contribution is 5.88. The van der Waals surface area contributed by atoms with Gasteiger partial charge in [0.05, 0.1) is 7.11 Å². The maximum Gasteiger partial charge on any atom is 0.333 e. The smallest absolute Gasteiger partial charge is 0.333 e. The Morgan fingerprint density at radius 2 is 1.65 bits per heavy atom. The molecule has 0 bridgehead atoms. The molecule has 1 saturated heterocycles. The third-order valence-corrected chi connectivity index (χ3v) is 4.12. The van der Waals surface area contributed by atoms with Crippen LogP contribution < -0.4 is 0 Å². The van der Waals surface area contributed by atoms with Crippen molar-refractivity contribution in [3.05, 3.63) is 11.1 Å². The van der Waals surface area contributed by atoms with Gasteiger partial charge in [0.2, 0.25) is 0 Å². The summed E-state index contributed by atoms with van der Waals surface area (Å²) in [7, 11) is 1.44. The molecule has 0 aromatic heterocycles. The Morgan fingerprint density at radius 3 is 2.12 bits per heavy atom. The first-order valence-electron chi connectivity index (χ1n) is 6.42. The summed E-state index contributed by atoms with van der Waals surface area (Å²) in [5, 5.41) is 0. The highest BCUT2D eigenvalue weighted by atomic mass is 16.5. The molecule has 1 heterocycles. The summed E-state index contributed by atoms with van der Waals surface area (Å²) in [5.74, 6) is -0.215. The van der Waals surface area contributed by atoms with E-state index in [4.69, 9.17) is 4.74 Å². The van der Waals surface area contributed by atoms with Crippen LogP contribution in [0.3, 0.4) is 0 Å². The molecule has 0 N–H and O–H groups in total. The van der Waals surface area contributed by atoms with Crippen LogP contribution in [0.4, 0.5) is 0 Å². The van der Waals surface area contributed by atoms with Crippen molar-refractivity contribution in [2.45, 2.75) is 52.5 Å². The van der Waals surface area contributed by atoms with Crippen LogP contribution in [-0.2, 0) is 9.53 Å². The van der Waals surface area contributed by atoms with Gasteiger partial charge in [0.15, 0.2) is 0 Å². The van der Waals surface area contributed by atoms with Gasteiger partial charge in [0.1, 0.15) is 0 Å². The molecular formula is C14H25NO2. The largest absolute Gasteiger partial charge is 0.466 e. The molecule has 0 aliphatic carbocycles. The lowest BCUT2D eigenvalue weighted by Gasteiger charge is -2.42. The lowest BCUT2D eigenvalue weighted by molar-refractivity contribution is -0.136. The number of hydrogen-bond donors (Lipinski definition) is 0. The average Bonchev–Trinajstić information content (AvgIpc) is 2.37. The van der Waals surface area contributed by atoms with E-state index in [0.29, 0.717) is 0 Å². The summed E-state index contributed by atoms with van der Waals surface area (Å²) < 4.78 is 4.80. The van der Waals surface area contributed by atoms with Crippen LogP contribution >= 0.6 is 0 Å². The number of ether oxygens (including phenoxy) is 1. The SMILES string of the molecule is COC(=O)/C(C)=C(\C)C(C)(C)N1CCCCC1. The number of carbonyl (C=O) groups excluding carboxylic acids is 1. The molecule has 98 valence electrons. The van der Waals surface area contributed by atoms with Crippen LogP contribution in [0.2, 0.25) is 0 Å². The molecule has 0 saturated carbocycles. The van der Waals surface area contributed by atoms with Gasteiger partial charge in [-0.05, 0) is 59.2 Å². The van der Waals surface area contributed by atoms with Gasteiger partial charge in [-0.2, -0.15) is 0 Å². The summed E-state index contributed by atoms with van der Waals surface area (Å²) in [5.41, 5.74) is 1.80. The molecule has 0 atom stereocenters. The number of piperidine rings is 1. The zero-order valence-corrected chi connectivity index (χ0v) is 11.8.